The SMILES string of the molecule is Cc1nocc1C(=O)N1CCC2(CCC(C)c3ccccc32)CC1. The molecule has 1 fully saturated rings. The van der Waals surface area contributed by atoms with E-state index in [0.29, 0.717) is 17.2 Å². The fourth-order valence-electron chi connectivity index (χ4n) is 4.52. The highest BCUT2D eigenvalue weighted by atomic mass is 16.5. The van der Waals surface area contributed by atoms with Gasteiger partial charge in [-0.25, -0.2) is 0 Å². The quantitative estimate of drug-likeness (QED) is 0.795. The standard InChI is InChI=1S/C20H24N2O2/c1-14-7-8-20(18-6-4-3-5-16(14)18)9-11-22(12-10-20)19(23)17-13-24-21-15(17)2/h3-6,13-14H,7-12H2,1-2H3. The monoisotopic (exact) mass is 324 g/mol. The Morgan fingerprint density at radius 3 is 2.71 bits per heavy atom. The van der Waals surface area contributed by atoms with Crippen LogP contribution in [-0.4, -0.2) is 29.1 Å². The van der Waals surface area contributed by atoms with Crippen molar-refractivity contribution in [3.63, 3.8) is 0 Å². The first-order valence-electron chi connectivity index (χ1n) is 8.90. The molecule has 1 aliphatic carbocycles. The zero-order valence-corrected chi connectivity index (χ0v) is 14.4. The Bertz CT molecular complexity index is 757. The predicted octanol–water partition coefficient (Wildman–Crippen LogP) is 4.05. The first-order valence-corrected chi connectivity index (χ1v) is 8.90. The van der Waals surface area contributed by atoms with Gasteiger partial charge in [0, 0.05) is 13.1 Å². The fraction of sp³-hybridized carbons (Fsp3) is 0.500. The van der Waals surface area contributed by atoms with Crippen LogP contribution in [0.5, 0.6) is 0 Å². The van der Waals surface area contributed by atoms with Gasteiger partial charge >= 0.3 is 0 Å². The molecule has 0 saturated carbocycles. The van der Waals surface area contributed by atoms with Crippen LogP contribution in [0.4, 0.5) is 0 Å². The summed E-state index contributed by atoms with van der Waals surface area (Å²) in [4.78, 5) is 14.6. The Hall–Kier alpha value is -2.10. The molecule has 0 N–H and O–H groups in total. The van der Waals surface area contributed by atoms with E-state index in [1.54, 1.807) is 0 Å². The van der Waals surface area contributed by atoms with Crippen LogP contribution in [-0.2, 0) is 5.41 Å². The molecular weight excluding hydrogens is 300 g/mol. The molecule has 1 aromatic carbocycles. The summed E-state index contributed by atoms with van der Waals surface area (Å²) >= 11 is 0. The van der Waals surface area contributed by atoms with Crippen LogP contribution in [0.3, 0.4) is 0 Å². The first-order chi connectivity index (χ1) is 11.6. The number of likely N-dealkylation sites (tertiary alicyclic amines) is 1. The van der Waals surface area contributed by atoms with Crippen LogP contribution in [0.1, 0.15) is 65.7 Å². The van der Waals surface area contributed by atoms with Crippen LogP contribution in [0.25, 0.3) is 0 Å². The lowest BCUT2D eigenvalue weighted by Gasteiger charge is -2.46. The summed E-state index contributed by atoms with van der Waals surface area (Å²) in [5, 5.41) is 3.83. The third kappa shape index (κ3) is 2.36. The molecule has 4 rings (SSSR count). The van der Waals surface area contributed by atoms with Crippen molar-refractivity contribution in [2.45, 2.75) is 50.9 Å². The zero-order valence-electron chi connectivity index (χ0n) is 14.4. The Labute approximate surface area is 142 Å². The van der Waals surface area contributed by atoms with Crippen LogP contribution < -0.4 is 0 Å². The Morgan fingerprint density at radius 1 is 1.25 bits per heavy atom. The Balaban J connectivity index is 1.55. The molecule has 126 valence electrons. The predicted molar refractivity (Wildman–Crippen MR) is 92.1 cm³/mol. The molecule has 1 unspecified atom stereocenters. The second-order valence-corrected chi connectivity index (χ2v) is 7.41. The number of hydrogen-bond donors (Lipinski definition) is 0. The van der Waals surface area contributed by atoms with E-state index < -0.39 is 0 Å². The zero-order chi connectivity index (χ0) is 16.7. The van der Waals surface area contributed by atoms with Crippen molar-refractivity contribution >= 4 is 5.91 Å². The van der Waals surface area contributed by atoms with E-state index in [9.17, 15) is 4.79 Å². The largest absolute Gasteiger partial charge is 0.364 e. The van der Waals surface area contributed by atoms with E-state index in [4.69, 9.17) is 4.52 Å². The number of carbonyl (C=O) groups is 1. The summed E-state index contributed by atoms with van der Waals surface area (Å²) in [6.45, 7) is 5.78. The highest BCUT2D eigenvalue weighted by Crippen LogP contribution is 2.48. The second-order valence-electron chi connectivity index (χ2n) is 7.41. The van der Waals surface area contributed by atoms with E-state index in [1.807, 2.05) is 11.8 Å². The lowest BCUT2D eigenvalue weighted by molar-refractivity contribution is 0.0648. The number of rotatable bonds is 1. The van der Waals surface area contributed by atoms with E-state index in [2.05, 4.69) is 36.3 Å². The van der Waals surface area contributed by atoms with Crippen molar-refractivity contribution in [2.75, 3.05) is 13.1 Å². The molecule has 0 radical (unpaired) electrons. The minimum atomic E-state index is 0.0565. The van der Waals surface area contributed by atoms with E-state index in [-0.39, 0.29) is 11.3 Å². The van der Waals surface area contributed by atoms with Gasteiger partial charge in [0.1, 0.15) is 11.8 Å². The lowest BCUT2D eigenvalue weighted by Crippen LogP contribution is -2.46. The molecule has 1 saturated heterocycles. The molecule has 2 aliphatic rings. The Kier molecular flexibility index (Phi) is 3.70. The number of amides is 1. The van der Waals surface area contributed by atoms with Crippen LogP contribution in [0, 0.1) is 6.92 Å². The number of carbonyl (C=O) groups excluding carboxylic acids is 1. The van der Waals surface area contributed by atoms with Crippen molar-refractivity contribution in [1.29, 1.82) is 0 Å². The van der Waals surface area contributed by atoms with Gasteiger partial charge in [0.15, 0.2) is 0 Å². The number of piperidine rings is 1. The highest BCUT2D eigenvalue weighted by molar-refractivity contribution is 5.94. The van der Waals surface area contributed by atoms with Crippen LogP contribution in [0.2, 0.25) is 0 Å². The van der Waals surface area contributed by atoms with Crippen molar-refractivity contribution in [1.82, 2.24) is 10.1 Å². The van der Waals surface area contributed by atoms with Crippen molar-refractivity contribution in [3.8, 4) is 0 Å². The first kappa shape index (κ1) is 15.4. The summed E-state index contributed by atoms with van der Waals surface area (Å²) in [7, 11) is 0. The van der Waals surface area contributed by atoms with Crippen molar-refractivity contribution in [2.24, 2.45) is 0 Å². The average molecular weight is 324 g/mol. The molecular formula is C20H24N2O2. The maximum atomic E-state index is 12.7. The van der Waals surface area contributed by atoms with Gasteiger partial charge in [0.2, 0.25) is 0 Å². The smallest absolute Gasteiger partial charge is 0.259 e. The van der Waals surface area contributed by atoms with Crippen LogP contribution >= 0.6 is 0 Å². The molecule has 1 aliphatic heterocycles. The summed E-state index contributed by atoms with van der Waals surface area (Å²) < 4.78 is 4.93. The summed E-state index contributed by atoms with van der Waals surface area (Å²) in [5.41, 5.74) is 4.57. The molecule has 4 nitrogen and oxygen atoms in total. The fourth-order valence-corrected chi connectivity index (χ4v) is 4.52. The molecule has 2 heterocycles. The number of aryl methyl sites for hydroxylation is 1. The van der Waals surface area contributed by atoms with Crippen LogP contribution in [0.15, 0.2) is 35.1 Å². The lowest BCUT2D eigenvalue weighted by atomic mass is 9.62. The minimum absolute atomic E-state index is 0.0565. The van der Waals surface area contributed by atoms with E-state index in [1.165, 1.54) is 30.2 Å². The molecule has 2 aromatic rings. The Morgan fingerprint density at radius 2 is 2.00 bits per heavy atom. The van der Waals surface area contributed by atoms with Gasteiger partial charge in [-0.2, -0.15) is 0 Å². The number of aromatic nitrogens is 1. The molecule has 0 bridgehead atoms. The van der Waals surface area contributed by atoms with Gasteiger partial charge in [-0.05, 0) is 55.1 Å². The third-order valence-electron chi connectivity index (χ3n) is 6.11. The molecule has 1 atom stereocenters. The van der Waals surface area contributed by atoms with Gasteiger partial charge < -0.3 is 9.42 Å². The third-order valence-corrected chi connectivity index (χ3v) is 6.11. The maximum Gasteiger partial charge on any atom is 0.259 e. The average Bonchev–Trinajstić information content (AvgIpc) is 3.05. The van der Waals surface area contributed by atoms with Gasteiger partial charge in [0.25, 0.3) is 5.91 Å². The summed E-state index contributed by atoms with van der Waals surface area (Å²) in [5.74, 6) is 0.701. The summed E-state index contributed by atoms with van der Waals surface area (Å²) in [6, 6.07) is 8.92. The summed E-state index contributed by atoms with van der Waals surface area (Å²) in [6.07, 6.45) is 6.05. The number of fused-ring (bicyclic) bond motifs is 2. The number of hydrogen-bond acceptors (Lipinski definition) is 3. The van der Waals surface area contributed by atoms with E-state index >= 15 is 0 Å². The minimum Gasteiger partial charge on any atom is -0.364 e. The van der Waals surface area contributed by atoms with Gasteiger partial charge in [-0.3, -0.25) is 4.79 Å². The molecule has 24 heavy (non-hydrogen) atoms. The number of nitrogens with zero attached hydrogens (tertiary/aromatic N) is 2. The van der Waals surface area contributed by atoms with Gasteiger partial charge in [-0.1, -0.05) is 36.3 Å². The highest BCUT2D eigenvalue weighted by Gasteiger charge is 2.41. The maximum absolute atomic E-state index is 12.7. The van der Waals surface area contributed by atoms with Crippen molar-refractivity contribution in [3.05, 3.63) is 52.9 Å². The molecule has 1 amide bonds. The molecule has 1 spiro atoms. The molecule has 4 heteroatoms. The van der Waals surface area contributed by atoms with Crippen molar-refractivity contribution < 1.29 is 9.32 Å². The number of benzene rings is 1. The second kappa shape index (κ2) is 5.76. The van der Waals surface area contributed by atoms with Gasteiger partial charge in [-0.15, -0.1) is 0 Å². The van der Waals surface area contributed by atoms with E-state index in [0.717, 1.165) is 25.9 Å². The molecule has 1 aromatic heterocycles. The van der Waals surface area contributed by atoms with Gasteiger partial charge in [0.05, 0.1) is 5.69 Å². The normalized spacial score (nSPS) is 22.4. The topological polar surface area (TPSA) is 46.3 Å².